The van der Waals surface area contributed by atoms with Gasteiger partial charge in [0.1, 0.15) is 5.75 Å². The second-order valence-electron chi connectivity index (χ2n) is 6.01. The van der Waals surface area contributed by atoms with Gasteiger partial charge in [-0.15, -0.1) is 10.2 Å². The smallest absolute Gasteiger partial charge is 0.191 e. The molecule has 0 amide bonds. The minimum Gasteiger partial charge on any atom is -0.494 e. The van der Waals surface area contributed by atoms with Gasteiger partial charge in [0.05, 0.1) is 6.61 Å². The summed E-state index contributed by atoms with van der Waals surface area (Å²) >= 11 is 7.69. The molecule has 0 spiro atoms. The van der Waals surface area contributed by atoms with E-state index in [1.54, 1.807) is 11.8 Å². The highest BCUT2D eigenvalue weighted by Crippen LogP contribution is 2.27. The number of nitrogens with zero attached hydrogens (tertiary/aromatic N) is 3. The average Bonchev–Trinajstić information content (AvgIpc) is 3.01. The van der Waals surface area contributed by atoms with Gasteiger partial charge in [0.25, 0.3) is 0 Å². The number of benzene rings is 2. The van der Waals surface area contributed by atoms with Gasteiger partial charge in [0, 0.05) is 23.4 Å². The molecule has 3 aromatic rings. The third-order valence-electron chi connectivity index (χ3n) is 3.97. The van der Waals surface area contributed by atoms with E-state index in [4.69, 9.17) is 16.3 Å². The number of thioether (sulfide) groups is 1. The van der Waals surface area contributed by atoms with Gasteiger partial charge in [-0.25, -0.2) is 0 Å². The molecule has 1 heterocycles. The van der Waals surface area contributed by atoms with E-state index in [-0.39, 0.29) is 0 Å². The van der Waals surface area contributed by atoms with Crippen LogP contribution in [0.25, 0.3) is 11.4 Å². The molecule has 0 aliphatic carbocycles. The predicted octanol–water partition coefficient (Wildman–Crippen LogP) is 5.61. The zero-order valence-corrected chi connectivity index (χ0v) is 16.6. The summed E-state index contributed by atoms with van der Waals surface area (Å²) in [6, 6.07) is 15.9. The van der Waals surface area contributed by atoms with Crippen LogP contribution in [0.5, 0.6) is 5.75 Å². The summed E-state index contributed by atoms with van der Waals surface area (Å²) in [5.74, 6) is 2.54. The number of unbranched alkanes of at least 4 members (excludes halogenated alkanes) is 1. The first-order valence-corrected chi connectivity index (χ1v) is 10.0. The van der Waals surface area contributed by atoms with Crippen LogP contribution in [0.15, 0.2) is 53.7 Å². The van der Waals surface area contributed by atoms with Gasteiger partial charge in [-0.1, -0.05) is 48.8 Å². The van der Waals surface area contributed by atoms with Crippen molar-refractivity contribution in [2.24, 2.45) is 7.05 Å². The predicted molar refractivity (Wildman–Crippen MR) is 108 cm³/mol. The summed E-state index contributed by atoms with van der Waals surface area (Å²) in [6.45, 7) is 2.91. The van der Waals surface area contributed by atoms with Crippen molar-refractivity contribution in [2.45, 2.75) is 30.7 Å². The lowest BCUT2D eigenvalue weighted by Crippen LogP contribution is -1.97. The van der Waals surface area contributed by atoms with Crippen LogP contribution in [-0.2, 0) is 12.8 Å². The molecule has 0 aliphatic rings. The fourth-order valence-corrected chi connectivity index (χ4v) is 3.57. The Morgan fingerprint density at radius 2 is 1.92 bits per heavy atom. The molecule has 0 unspecified atom stereocenters. The van der Waals surface area contributed by atoms with Gasteiger partial charge in [0.15, 0.2) is 11.0 Å². The highest BCUT2D eigenvalue weighted by atomic mass is 35.5. The quantitative estimate of drug-likeness (QED) is 0.372. The van der Waals surface area contributed by atoms with E-state index in [1.165, 1.54) is 5.56 Å². The highest BCUT2D eigenvalue weighted by Gasteiger charge is 2.11. The van der Waals surface area contributed by atoms with Crippen LogP contribution in [-0.4, -0.2) is 21.4 Å². The maximum absolute atomic E-state index is 6.04. The molecule has 136 valence electrons. The topological polar surface area (TPSA) is 39.9 Å². The highest BCUT2D eigenvalue weighted by molar-refractivity contribution is 7.98. The van der Waals surface area contributed by atoms with E-state index in [0.29, 0.717) is 0 Å². The second kappa shape index (κ2) is 9.10. The fraction of sp³-hybridized carbons (Fsp3) is 0.300. The van der Waals surface area contributed by atoms with Gasteiger partial charge < -0.3 is 9.30 Å². The van der Waals surface area contributed by atoms with E-state index < -0.39 is 0 Å². The first-order chi connectivity index (χ1) is 12.7. The van der Waals surface area contributed by atoms with E-state index >= 15 is 0 Å². The zero-order valence-electron chi connectivity index (χ0n) is 15.0. The van der Waals surface area contributed by atoms with Crippen molar-refractivity contribution in [2.75, 3.05) is 6.61 Å². The number of hydrogen-bond donors (Lipinski definition) is 0. The fourth-order valence-electron chi connectivity index (χ4n) is 2.50. The van der Waals surface area contributed by atoms with Crippen LogP contribution in [0.2, 0.25) is 5.02 Å². The zero-order chi connectivity index (χ0) is 18.4. The van der Waals surface area contributed by atoms with E-state index in [2.05, 4.69) is 23.2 Å². The molecule has 0 saturated carbocycles. The molecule has 1 aromatic heterocycles. The Balaban J connectivity index is 1.66. The van der Waals surface area contributed by atoms with Crippen molar-refractivity contribution in [3.8, 4) is 17.1 Å². The molecule has 0 saturated heterocycles. The normalized spacial score (nSPS) is 10.9. The van der Waals surface area contributed by atoms with Crippen molar-refractivity contribution in [1.82, 2.24) is 14.8 Å². The lowest BCUT2D eigenvalue weighted by Gasteiger charge is -2.07. The maximum atomic E-state index is 6.04. The third-order valence-corrected chi connectivity index (χ3v) is 5.30. The van der Waals surface area contributed by atoms with Crippen molar-refractivity contribution in [3.05, 3.63) is 59.1 Å². The lowest BCUT2D eigenvalue weighted by atomic mass is 10.2. The first-order valence-electron chi connectivity index (χ1n) is 8.67. The van der Waals surface area contributed by atoms with E-state index in [0.717, 1.165) is 52.5 Å². The molecule has 4 nitrogen and oxygen atoms in total. The molecule has 0 atom stereocenters. The third kappa shape index (κ3) is 4.80. The molecular weight excluding hydrogens is 366 g/mol. The minimum absolute atomic E-state index is 0.753. The summed E-state index contributed by atoms with van der Waals surface area (Å²) in [6.07, 6.45) is 2.20. The summed E-state index contributed by atoms with van der Waals surface area (Å²) in [5, 5.41) is 10.3. The number of ether oxygens (including phenoxy) is 1. The molecule has 0 aliphatic heterocycles. The van der Waals surface area contributed by atoms with Crippen LogP contribution >= 0.6 is 23.4 Å². The Labute approximate surface area is 163 Å². The summed E-state index contributed by atoms with van der Waals surface area (Å²) in [5.41, 5.74) is 2.19. The van der Waals surface area contributed by atoms with Crippen molar-refractivity contribution >= 4 is 23.4 Å². The Morgan fingerprint density at radius 1 is 1.12 bits per heavy atom. The molecular formula is C20H22ClN3OS. The number of aromatic nitrogens is 3. The van der Waals surface area contributed by atoms with Crippen molar-refractivity contribution in [1.29, 1.82) is 0 Å². The Morgan fingerprint density at radius 3 is 2.65 bits per heavy atom. The summed E-state index contributed by atoms with van der Waals surface area (Å²) in [4.78, 5) is 0. The van der Waals surface area contributed by atoms with Crippen molar-refractivity contribution < 1.29 is 4.74 Å². The average molecular weight is 388 g/mol. The molecule has 26 heavy (non-hydrogen) atoms. The molecule has 0 fully saturated rings. The van der Waals surface area contributed by atoms with Gasteiger partial charge >= 0.3 is 0 Å². The van der Waals surface area contributed by atoms with Gasteiger partial charge in [-0.2, -0.15) is 0 Å². The monoisotopic (exact) mass is 387 g/mol. The second-order valence-corrected chi connectivity index (χ2v) is 7.39. The minimum atomic E-state index is 0.753. The maximum Gasteiger partial charge on any atom is 0.191 e. The van der Waals surface area contributed by atoms with E-state index in [1.807, 2.05) is 54.1 Å². The molecule has 0 N–H and O–H groups in total. The molecule has 0 radical (unpaired) electrons. The van der Waals surface area contributed by atoms with Gasteiger partial charge in [0.2, 0.25) is 0 Å². The van der Waals surface area contributed by atoms with Crippen LogP contribution in [0, 0.1) is 0 Å². The van der Waals surface area contributed by atoms with Crippen molar-refractivity contribution in [3.63, 3.8) is 0 Å². The van der Waals surface area contributed by atoms with Crippen LogP contribution < -0.4 is 4.74 Å². The number of rotatable bonds is 8. The van der Waals surface area contributed by atoms with Gasteiger partial charge in [-0.05, 0) is 48.4 Å². The summed E-state index contributed by atoms with van der Waals surface area (Å²) < 4.78 is 7.73. The largest absolute Gasteiger partial charge is 0.494 e. The molecule has 2 aromatic carbocycles. The van der Waals surface area contributed by atoms with E-state index in [9.17, 15) is 0 Å². The Bertz CT molecular complexity index is 849. The van der Waals surface area contributed by atoms with Crippen LogP contribution in [0.1, 0.15) is 25.3 Å². The van der Waals surface area contributed by atoms with Crippen LogP contribution in [0.4, 0.5) is 0 Å². The molecule has 0 bridgehead atoms. The summed E-state index contributed by atoms with van der Waals surface area (Å²) in [7, 11) is 1.99. The van der Waals surface area contributed by atoms with Gasteiger partial charge in [-0.3, -0.25) is 0 Å². The SMILES string of the molecule is CCCCOc1ccc(-c2nnc(SCc3cccc(Cl)c3)n2C)cc1. The first kappa shape index (κ1) is 18.8. The number of halogens is 1. The number of hydrogen-bond acceptors (Lipinski definition) is 4. The molecule has 6 heteroatoms. The molecule has 3 rings (SSSR count). The Kier molecular flexibility index (Phi) is 6.58. The standard InChI is InChI=1S/C20H22ClN3OS/c1-3-4-12-25-18-10-8-16(9-11-18)19-22-23-20(24(19)2)26-14-15-6-5-7-17(21)13-15/h5-11,13H,3-4,12,14H2,1-2H3. The Hall–Kier alpha value is -1.98. The lowest BCUT2D eigenvalue weighted by molar-refractivity contribution is 0.309. The van der Waals surface area contributed by atoms with Crippen LogP contribution in [0.3, 0.4) is 0 Å².